The molecular formula is C23H21NO5. The Kier molecular flexibility index (Phi) is 6.14. The van der Waals surface area contributed by atoms with Crippen molar-refractivity contribution >= 4 is 17.6 Å². The highest BCUT2D eigenvalue weighted by atomic mass is 16.5. The first kappa shape index (κ1) is 19.9. The number of carbonyl (C=O) groups is 2. The van der Waals surface area contributed by atoms with Crippen LogP contribution in [0, 0.1) is 6.92 Å². The van der Waals surface area contributed by atoms with Gasteiger partial charge in [0.05, 0.1) is 12.8 Å². The van der Waals surface area contributed by atoms with Crippen molar-refractivity contribution in [2.45, 2.75) is 13.0 Å². The maximum atomic E-state index is 13.0. The number of hydrogen-bond acceptors (Lipinski definition) is 5. The number of para-hydroxylation sites is 1. The van der Waals surface area contributed by atoms with Crippen LogP contribution in [0.25, 0.3) is 0 Å². The van der Waals surface area contributed by atoms with Gasteiger partial charge in [0.1, 0.15) is 17.1 Å². The van der Waals surface area contributed by atoms with E-state index < -0.39 is 18.0 Å². The number of aryl methyl sites for hydroxylation is 1. The lowest BCUT2D eigenvalue weighted by molar-refractivity contribution is -0.125. The van der Waals surface area contributed by atoms with E-state index in [0.717, 1.165) is 5.56 Å². The van der Waals surface area contributed by atoms with Crippen molar-refractivity contribution in [3.05, 3.63) is 89.5 Å². The number of phenols is 1. The van der Waals surface area contributed by atoms with E-state index in [2.05, 4.69) is 5.32 Å². The molecule has 1 amide bonds. The smallest absolute Gasteiger partial charge is 0.343 e. The van der Waals surface area contributed by atoms with Crippen molar-refractivity contribution < 1.29 is 24.2 Å². The summed E-state index contributed by atoms with van der Waals surface area (Å²) in [4.78, 5) is 25.6. The molecule has 3 rings (SSSR count). The molecule has 6 nitrogen and oxygen atoms in total. The lowest BCUT2D eigenvalue weighted by atomic mass is 10.1. The van der Waals surface area contributed by atoms with Crippen molar-refractivity contribution in [1.82, 2.24) is 0 Å². The van der Waals surface area contributed by atoms with Crippen LogP contribution in [0.1, 0.15) is 27.6 Å². The second-order valence-electron chi connectivity index (χ2n) is 6.41. The van der Waals surface area contributed by atoms with E-state index in [0.29, 0.717) is 17.0 Å². The van der Waals surface area contributed by atoms with Crippen LogP contribution >= 0.6 is 0 Å². The van der Waals surface area contributed by atoms with Crippen molar-refractivity contribution in [2.75, 3.05) is 12.4 Å². The minimum atomic E-state index is -1.21. The Hall–Kier alpha value is -3.80. The first-order valence-electron chi connectivity index (χ1n) is 8.99. The minimum absolute atomic E-state index is 0.0191. The Morgan fingerprint density at radius 1 is 0.966 bits per heavy atom. The standard InChI is InChI=1S/C23H21NO5/c1-15-12-13-20(28-2)18(14-15)24-22(26)21(16-8-4-3-5-9-16)29-23(27)17-10-6-7-11-19(17)25/h3-14,21,25H,1-2H3,(H,24,26)/t21-/m0/s1. The van der Waals surface area contributed by atoms with Crippen molar-refractivity contribution in [3.63, 3.8) is 0 Å². The summed E-state index contributed by atoms with van der Waals surface area (Å²) in [6.45, 7) is 1.89. The molecule has 3 aromatic rings. The number of carbonyl (C=O) groups excluding carboxylic acids is 2. The summed E-state index contributed by atoms with van der Waals surface area (Å²) >= 11 is 0. The zero-order valence-corrected chi connectivity index (χ0v) is 16.1. The van der Waals surface area contributed by atoms with E-state index in [1.807, 2.05) is 13.0 Å². The summed E-state index contributed by atoms with van der Waals surface area (Å²) in [6, 6.07) is 20.1. The highest BCUT2D eigenvalue weighted by Gasteiger charge is 2.27. The molecule has 0 heterocycles. The number of methoxy groups -OCH3 is 1. The van der Waals surface area contributed by atoms with Gasteiger partial charge in [0.2, 0.25) is 6.10 Å². The molecule has 0 spiro atoms. The van der Waals surface area contributed by atoms with Crippen molar-refractivity contribution in [1.29, 1.82) is 0 Å². The Morgan fingerprint density at radius 3 is 2.34 bits per heavy atom. The van der Waals surface area contributed by atoms with Crippen LogP contribution in [-0.2, 0) is 9.53 Å². The zero-order valence-electron chi connectivity index (χ0n) is 16.1. The molecule has 6 heteroatoms. The van der Waals surface area contributed by atoms with Crippen molar-refractivity contribution in [2.24, 2.45) is 0 Å². The van der Waals surface area contributed by atoms with Gasteiger partial charge in [0, 0.05) is 5.56 Å². The van der Waals surface area contributed by atoms with Gasteiger partial charge in [-0.3, -0.25) is 4.79 Å². The molecule has 0 aliphatic carbocycles. The number of anilines is 1. The van der Waals surface area contributed by atoms with Gasteiger partial charge in [-0.05, 0) is 36.8 Å². The van der Waals surface area contributed by atoms with E-state index in [1.54, 1.807) is 54.6 Å². The molecule has 1 atom stereocenters. The molecule has 0 aliphatic heterocycles. The van der Waals surface area contributed by atoms with Crippen LogP contribution in [0.15, 0.2) is 72.8 Å². The third-order valence-corrected chi connectivity index (χ3v) is 4.30. The molecule has 0 fully saturated rings. The Bertz CT molecular complexity index is 1020. The van der Waals surface area contributed by atoms with E-state index in [-0.39, 0.29) is 11.3 Å². The SMILES string of the molecule is COc1ccc(C)cc1NC(=O)[C@@H](OC(=O)c1ccccc1O)c1ccccc1. The molecule has 0 saturated heterocycles. The first-order valence-corrected chi connectivity index (χ1v) is 8.99. The zero-order chi connectivity index (χ0) is 20.8. The molecule has 0 unspecified atom stereocenters. The molecule has 148 valence electrons. The molecule has 3 aromatic carbocycles. The Morgan fingerprint density at radius 2 is 1.66 bits per heavy atom. The summed E-state index contributed by atoms with van der Waals surface area (Å²) in [5, 5.41) is 12.7. The number of ether oxygens (including phenoxy) is 2. The maximum absolute atomic E-state index is 13.0. The summed E-state index contributed by atoms with van der Waals surface area (Å²) in [5.74, 6) is -1.07. The van der Waals surface area contributed by atoms with E-state index in [9.17, 15) is 14.7 Å². The van der Waals surface area contributed by atoms with Crippen LogP contribution in [0.4, 0.5) is 5.69 Å². The van der Waals surface area contributed by atoms with Crippen LogP contribution in [-0.4, -0.2) is 24.1 Å². The average Bonchev–Trinajstić information content (AvgIpc) is 2.73. The lowest BCUT2D eigenvalue weighted by Gasteiger charge is -2.19. The summed E-state index contributed by atoms with van der Waals surface area (Å²) in [7, 11) is 1.51. The summed E-state index contributed by atoms with van der Waals surface area (Å²) < 4.78 is 10.8. The molecule has 0 aromatic heterocycles. The molecule has 2 N–H and O–H groups in total. The van der Waals surface area contributed by atoms with Gasteiger partial charge >= 0.3 is 5.97 Å². The fourth-order valence-electron chi connectivity index (χ4n) is 2.84. The number of aromatic hydroxyl groups is 1. The third kappa shape index (κ3) is 4.73. The minimum Gasteiger partial charge on any atom is -0.507 e. The number of esters is 1. The second-order valence-corrected chi connectivity index (χ2v) is 6.41. The highest BCUT2D eigenvalue weighted by molar-refractivity contribution is 5.99. The third-order valence-electron chi connectivity index (χ3n) is 4.30. The second kappa shape index (κ2) is 8.93. The van der Waals surface area contributed by atoms with E-state index >= 15 is 0 Å². The molecule has 29 heavy (non-hydrogen) atoms. The van der Waals surface area contributed by atoms with E-state index in [4.69, 9.17) is 9.47 Å². The molecule has 0 bridgehead atoms. The highest BCUT2D eigenvalue weighted by Crippen LogP contribution is 2.28. The fraction of sp³-hybridized carbons (Fsp3) is 0.130. The van der Waals surface area contributed by atoms with Crippen LogP contribution in [0.5, 0.6) is 11.5 Å². The van der Waals surface area contributed by atoms with Crippen LogP contribution in [0.2, 0.25) is 0 Å². The lowest BCUT2D eigenvalue weighted by Crippen LogP contribution is -2.26. The van der Waals surface area contributed by atoms with Gasteiger partial charge in [0.15, 0.2) is 0 Å². The topological polar surface area (TPSA) is 84.9 Å². The molecule has 0 aliphatic rings. The van der Waals surface area contributed by atoms with Crippen LogP contribution in [0.3, 0.4) is 0 Å². The predicted octanol–water partition coefficient (Wildman–Crippen LogP) is 4.25. The molecule has 0 radical (unpaired) electrons. The average molecular weight is 391 g/mol. The van der Waals surface area contributed by atoms with Crippen molar-refractivity contribution in [3.8, 4) is 11.5 Å². The Balaban J connectivity index is 1.90. The number of phenolic OH excluding ortho intramolecular Hbond substituents is 1. The summed E-state index contributed by atoms with van der Waals surface area (Å²) in [6.07, 6.45) is -1.21. The largest absolute Gasteiger partial charge is 0.507 e. The van der Waals surface area contributed by atoms with Gasteiger partial charge in [-0.15, -0.1) is 0 Å². The van der Waals surface area contributed by atoms with Gasteiger partial charge in [-0.2, -0.15) is 0 Å². The number of rotatable bonds is 6. The normalized spacial score (nSPS) is 11.4. The molecular weight excluding hydrogens is 370 g/mol. The first-order chi connectivity index (χ1) is 14.0. The fourth-order valence-corrected chi connectivity index (χ4v) is 2.84. The monoisotopic (exact) mass is 391 g/mol. The number of benzene rings is 3. The number of nitrogens with one attached hydrogen (secondary N) is 1. The van der Waals surface area contributed by atoms with Gasteiger partial charge in [-0.25, -0.2) is 4.79 Å². The number of hydrogen-bond donors (Lipinski definition) is 2. The quantitative estimate of drug-likeness (QED) is 0.614. The number of amides is 1. The van der Waals surface area contributed by atoms with Gasteiger partial charge in [-0.1, -0.05) is 48.5 Å². The predicted molar refractivity (Wildman–Crippen MR) is 109 cm³/mol. The van der Waals surface area contributed by atoms with Crippen LogP contribution < -0.4 is 10.1 Å². The van der Waals surface area contributed by atoms with Gasteiger partial charge < -0.3 is 19.9 Å². The van der Waals surface area contributed by atoms with Gasteiger partial charge in [0.25, 0.3) is 5.91 Å². The van der Waals surface area contributed by atoms with E-state index in [1.165, 1.54) is 19.2 Å². The Labute approximate surface area is 168 Å². The summed E-state index contributed by atoms with van der Waals surface area (Å²) in [5.41, 5.74) is 1.88. The maximum Gasteiger partial charge on any atom is 0.343 e. The molecule has 0 saturated carbocycles.